The molecule has 3 heterocycles. The molecule has 1 saturated heterocycles. The molecule has 1 unspecified atom stereocenters. The predicted octanol–water partition coefficient (Wildman–Crippen LogP) is 2.98. The zero-order chi connectivity index (χ0) is 19.7. The van der Waals surface area contributed by atoms with Crippen molar-refractivity contribution >= 4 is 44.8 Å². The fourth-order valence-electron chi connectivity index (χ4n) is 3.10. The molecule has 11 heteroatoms. The van der Waals surface area contributed by atoms with Crippen LogP contribution < -0.4 is 5.32 Å². The summed E-state index contributed by atoms with van der Waals surface area (Å²) < 4.78 is 27.1. The molecular formula is C17H16ClN5O3S2. The second-order valence-electron chi connectivity index (χ2n) is 6.18. The van der Waals surface area contributed by atoms with Gasteiger partial charge in [-0.05, 0) is 36.4 Å². The number of halogens is 1. The van der Waals surface area contributed by atoms with Crippen LogP contribution >= 0.6 is 22.9 Å². The quantitative estimate of drug-likeness (QED) is 0.637. The molecule has 2 aromatic heterocycles. The number of aromatic nitrogens is 3. The smallest absolute Gasteiger partial charge is 0.253 e. The SMILES string of the molecule is O=C(Nc1n[nH]c(-c2ccccc2Cl)n1)C1CCCN1S(=O)(=O)c1cccs1. The van der Waals surface area contributed by atoms with Crippen LogP contribution in [-0.4, -0.2) is 46.4 Å². The van der Waals surface area contributed by atoms with E-state index in [9.17, 15) is 13.2 Å². The largest absolute Gasteiger partial charge is 0.292 e. The Bertz CT molecular complexity index is 1100. The highest BCUT2D eigenvalue weighted by Crippen LogP contribution is 2.29. The standard InChI is InChI=1S/C17H16ClN5O3S2/c18-12-6-2-1-5-11(12)15-19-17(22-21-15)20-16(24)13-7-3-9-23(13)28(25,26)14-8-4-10-27-14/h1-2,4-6,8,10,13H,3,7,9H2,(H2,19,20,21,22,24). The van der Waals surface area contributed by atoms with Crippen molar-refractivity contribution in [1.82, 2.24) is 19.5 Å². The number of thiophene rings is 1. The van der Waals surface area contributed by atoms with Gasteiger partial charge in [0.15, 0.2) is 5.82 Å². The molecule has 0 radical (unpaired) electrons. The summed E-state index contributed by atoms with van der Waals surface area (Å²) in [6.45, 7) is 0.303. The molecular weight excluding hydrogens is 422 g/mol. The lowest BCUT2D eigenvalue weighted by atomic mass is 10.2. The molecule has 1 aliphatic heterocycles. The van der Waals surface area contributed by atoms with E-state index < -0.39 is 22.0 Å². The summed E-state index contributed by atoms with van der Waals surface area (Å²) in [6.07, 6.45) is 1.06. The third-order valence-corrected chi connectivity index (χ3v) is 8.02. The van der Waals surface area contributed by atoms with Crippen molar-refractivity contribution in [3.05, 3.63) is 46.8 Å². The van der Waals surface area contributed by atoms with Crippen LogP contribution in [0.25, 0.3) is 11.4 Å². The maximum atomic E-state index is 12.8. The predicted molar refractivity (Wildman–Crippen MR) is 107 cm³/mol. The van der Waals surface area contributed by atoms with E-state index >= 15 is 0 Å². The van der Waals surface area contributed by atoms with Crippen LogP contribution in [0.4, 0.5) is 5.95 Å². The molecule has 0 saturated carbocycles. The lowest BCUT2D eigenvalue weighted by Gasteiger charge is -2.21. The minimum atomic E-state index is -3.70. The first-order chi connectivity index (χ1) is 13.5. The van der Waals surface area contributed by atoms with Gasteiger partial charge in [0.25, 0.3) is 10.0 Å². The van der Waals surface area contributed by atoms with Gasteiger partial charge in [0.1, 0.15) is 10.3 Å². The Morgan fingerprint density at radius 3 is 2.86 bits per heavy atom. The monoisotopic (exact) mass is 437 g/mol. The van der Waals surface area contributed by atoms with E-state index in [1.165, 1.54) is 4.31 Å². The number of amides is 1. The Morgan fingerprint density at radius 2 is 2.11 bits per heavy atom. The van der Waals surface area contributed by atoms with E-state index in [0.717, 1.165) is 11.3 Å². The van der Waals surface area contributed by atoms with Gasteiger partial charge in [-0.2, -0.15) is 9.29 Å². The van der Waals surface area contributed by atoms with Gasteiger partial charge in [-0.25, -0.2) is 8.42 Å². The van der Waals surface area contributed by atoms with E-state index in [-0.39, 0.29) is 10.2 Å². The lowest BCUT2D eigenvalue weighted by Crippen LogP contribution is -2.43. The third-order valence-electron chi connectivity index (χ3n) is 4.41. The first-order valence-corrected chi connectivity index (χ1v) is 11.2. The van der Waals surface area contributed by atoms with Crippen molar-refractivity contribution in [2.24, 2.45) is 0 Å². The van der Waals surface area contributed by atoms with Crippen LogP contribution in [0.15, 0.2) is 46.0 Å². The topological polar surface area (TPSA) is 108 Å². The van der Waals surface area contributed by atoms with E-state index in [0.29, 0.717) is 35.8 Å². The summed E-state index contributed by atoms with van der Waals surface area (Å²) in [7, 11) is -3.70. The fraction of sp³-hybridized carbons (Fsp3) is 0.235. The first-order valence-electron chi connectivity index (χ1n) is 8.50. The van der Waals surface area contributed by atoms with E-state index in [1.54, 1.807) is 35.7 Å². The van der Waals surface area contributed by atoms with Gasteiger partial charge in [-0.15, -0.1) is 16.4 Å². The van der Waals surface area contributed by atoms with Gasteiger partial charge in [0.05, 0.1) is 5.02 Å². The number of carbonyl (C=O) groups excluding carboxylic acids is 1. The molecule has 1 aromatic carbocycles. The molecule has 4 rings (SSSR count). The van der Waals surface area contributed by atoms with Gasteiger partial charge >= 0.3 is 0 Å². The highest BCUT2D eigenvalue weighted by Gasteiger charge is 2.40. The van der Waals surface area contributed by atoms with Gasteiger partial charge in [0, 0.05) is 12.1 Å². The van der Waals surface area contributed by atoms with Crippen LogP contribution in [0.2, 0.25) is 5.02 Å². The number of hydrogen-bond donors (Lipinski definition) is 2. The van der Waals surface area contributed by atoms with Crippen molar-refractivity contribution in [1.29, 1.82) is 0 Å². The second kappa shape index (κ2) is 7.63. The summed E-state index contributed by atoms with van der Waals surface area (Å²) >= 11 is 7.28. The average Bonchev–Trinajstić information content (AvgIpc) is 3.43. The van der Waals surface area contributed by atoms with Crippen molar-refractivity contribution in [3.8, 4) is 11.4 Å². The van der Waals surface area contributed by atoms with Crippen LogP contribution in [0.3, 0.4) is 0 Å². The summed E-state index contributed by atoms with van der Waals surface area (Å²) in [4.78, 5) is 17.0. The molecule has 0 aliphatic carbocycles. The van der Waals surface area contributed by atoms with Crippen molar-refractivity contribution in [3.63, 3.8) is 0 Å². The maximum absolute atomic E-state index is 12.8. The zero-order valence-electron chi connectivity index (χ0n) is 14.5. The number of rotatable bonds is 5. The van der Waals surface area contributed by atoms with E-state index in [2.05, 4.69) is 20.5 Å². The summed E-state index contributed by atoms with van der Waals surface area (Å²) in [5.74, 6) is 0.0259. The number of sulfonamides is 1. The Morgan fingerprint density at radius 1 is 1.29 bits per heavy atom. The van der Waals surface area contributed by atoms with Crippen LogP contribution in [0, 0.1) is 0 Å². The zero-order valence-corrected chi connectivity index (χ0v) is 16.9. The van der Waals surface area contributed by atoms with E-state index in [4.69, 9.17) is 11.6 Å². The average molecular weight is 438 g/mol. The molecule has 146 valence electrons. The number of H-pyrrole nitrogens is 1. The molecule has 8 nitrogen and oxygen atoms in total. The molecule has 0 spiro atoms. The number of aromatic amines is 1. The normalized spacial score (nSPS) is 17.7. The van der Waals surface area contributed by atoms with Crippen LogP contribution in [0.1, 0.15) is 12.8 Å². The molecule has 1 fully saturated rings. The number of carbonyl (C=O) groups is 1. The first kappa shape index (κ1) is 19.1. The van der Waals surface area contributed by atoms with Gasteiger partial charge in [-0.1, -0.05) is 29.8 Å². The molecule has 1 amide bonds. The van der Waals surface area contributed by atoms with Gasteiger partial charge < -0.3 is 0 Å². The summed E-state index contributed by atoms with van der Waals surface area (Å²) in [6, 6.07) is 9.53. The van der Waals surface area contributed by atoms with Crippen LogP contribution in [0.5, 0.6) is 0 Å². The van der Waals surface area contributed by atoms with Crippen molar-refractivity contribution < 1.29 is 13.2 Å². The molecule has 2 N–H and O–H groups in total. The Hall–Kier alpha value is -2.27. The van der Waals surface area contributed by atoms with Gasteiger partial charge in [0.2, 0.25) is 11.9 Å². The molecule has 0 bridgehead atoms. The number of anilines is 1. The minimum Gasteiger partial charge on any atom is -0.292 e. The number of nitrogens with zero attached hydrogens (tertiary/aromatic N) is 3. The number of benzene rings is 1. The van der Waals surface area contributed by atoms with Gasteiger partial charge in [-0.3, -0.25) is 15.2 Å². The highest BCUT2D eigenvalue weighted by molar-refractivity contribution is 7.91. The second-order valence-corrected chi connectivity index (χ2v) is 9.65. The summed E-state index contributed by atoms with van der Waals surface area (Å²) in [5, 5.41) is 11.5. The molecule has 1 atom stereocenters. The van der Waals surface area contributed by atoms with E-state index in [1.807, 2.05) is 6.07 Å². The Labute approximate surface area is 170 Å². The van der Waals surface area contributed by atoms with Crippen molar-refractivity contribution in [2.75, 3.05) is 11.9 Å². The molecule has 1 aliphatic rings. The summed E-state index contributed by atoms with van der Waals surface area (Å²) in [5.41, 5.74) is 0.653. The highest BCUT2D eigenvalue weighted by atomic mass is 35.5. The number of nitrogens with one attached hydrogen (secondary N) is 2. The Kier molecular flexibility index (Phi) is 5.19. The fourth-order valence-corrected chi connectivity index (χ4v) is 6.10. The van der Waals surface area contributed by atoms with Crippen LogP contribution in [-0.2, 0) is 14.8 Å². The lowest BCUT2D eigenvalue weighted by molar-refractivity contribution is -0.119. The minimum absolute atomic E-state index is 0.0697. The maximum Gasteiger partial charge on any atom is 0.253 e. The van der Waals surface area contributed by atoms with Crippen molar-refractivity contribution in [2.45, 2.75) is 23.1 Å². The molecule has 3 aromatic rings. The third kappa shape index (κ3) is 3.55. The number of hydrogen-bond acceptors (Lipinski definition) is 6. The Balaban J connectivity index is 1.52. The molecule has 28 heavy (non-hydrogen) atoms.